The highest BCUT2D eigenvalue weighted by Gasteiger charge is 2.47. The van der Waals surface area contributed by atoms with Crippen molar-refractivity contribution in [3.63, 3.8) is 0 Å². The number of piperazine rings is 1. The Bertz CT molecular complexity index is 537. The van der Waals surface area contributed by atoms with Gasteiger partial charge in [0.25, 0.3) is 0 Å². The molecule has 2 amide bonds. The van der Waals surface area contributed by atoms with E-state index in [9.17, 15) is 9.59 Å². The average Bonchev–Trinajstić information content (AvgIpc) is 3.02. The summed E-state index contributed by atoms with van der Waals surface area (Å²) < 4.78 is 1.10. The summed E-state index contributed by atoms with van der Waals surface area (Å²) in [6.45, 7) is 0.827. The van der Waals surface area contributed by atoms with Crippen LogP contribution < -0.4 is 5.32 Å². The zero-order valence-corrected chi connectivity index (χ0v) is 13.6. The van der Waals surface area contributed by atoms with Crippen molar-refractivity contribution in [2.24, 2.45) is 0 Å². The Hall–Kier alpha value is -0.880. The summed E-state index contributed by atoms with van der Waals surface area (Å²) >= 11 is 5.12. The first-order valence-corrected chi connectivity index (χ1v) is 8.55. The molecule has 108 valence electrons. The van der Waals surface area contributed by atoms with Crippen LogP contribution in [0.25, 0.3) is 0 Å². The number of nitrogens with one attached hydrogen (secondary N) is 1. The van der Waals surface area contributed by atoms with Crippen LogP contribution in [-0.2, 0) is 16.0 Å². The zero-order valence-electron chi connectivity index (χ0n) is 11.2. The van der Waals surface area contributed by atoms with E-state index in [4.69, 9.17) is 0 Å². The molecule has 1 aromatic heterocycles. The minimum atomic E-state index is -0.592. The van der Waals surface area contributed by atoms with Gasteiger partial charge in [-0.05, 0) is 47.3 Å². The van der Waals surface area contributed by atoms with Crippen LogP contribution >= 0.6 is 27.3 Å². The van der Waals surface area contributed by atoms with E-state index >= 15 is 0 Å². The molecule has 1 saturated heterocycles. The third kappa shape index (κ3) is 2.63. The highest BCUT2D eigenvalue weighted by Crippen LogP contribution is 2.33. The summed E-state index contributed by atoms with van der Waals surface area (Å²) in [4.78, 5) is 27.5. The molecule has 2 aliphatic rings. The summed E-state index contributed by atoms with van der Waals surface area (Å²) in [5.74, 6) is 0.101. The predicted octanol–water partition coefficient (Wildman–Crippen LogP) is 2.32. The van der Waals surface area contributed by atoms with Crippen LogP contribution in [0.3, 0.4) is 0 Å². The van der Waals surface area contributed by atoms with Crippen LogP contribution in [0.1, 0.15) is 30.6 Å². The van der Waals surface area contributed by atoms with Gasteiger partial charge in [-0.25, -0.2) is 0 Å². The van der Waals surface area contributed by atoms with Gasteiger partial charge in [0.15, 0.2) is 0 Å². The lowest BCUT2D eigenvalue weighted by Crippen LogP contribution is -2.65. The van der Waals surface area contributed by atoms with Crippen molar-refractivity contribution in [3.05, 3.63) is 20.8 Å². The maximum Gasteiger partial charge on any atom is 0.248 e. The Morgan fingerprint density at radius 2 is 2.05 bits per heavy atom. The van der Waals surface area contributed by atoms with Gasteiger partial charge in [0.2, 0.25) is 11.8 Å². The highest BCUT2D eigenvalue weighted by molar-refractivity contribution is 9.11. The average molecular weight is 357 g/mol. The highest BCUT2D eigenvalue weighted by atomic mass is 79.9. The van der Waals surface area contributed by atoms with Gasteiger partial charge >= 0.3 is 0 Å². The molecule has 4 nitrogen and oxygen atoms in total. The second-order valence-electron chi connectivity index (χ2n) is 5.52. The molecule has 0 unspecified atom stereocenters. The molecular weight excluding hydrogens is 340 g/mol. The van der Waals surface area contributed by atoms with Crippen LogP contribution in [0.4, 0.5) is 0 Å². The first-order valence-electron chi connectivity index (χ1n) is 6.94. The Morgan fingerprint density at radius 1 is 1.30 bits per heavy atom. The maximum atomic E-state index is 12.6. The van der Waals surface area contributed by atoms with E-state index in [1.165, 1.54) is 4.88 Å². The van der Waals surface area contributed by atoms with E-state index in [0.29, 0.717) is 6.54 Å². The lowest BCUT2D eigenvalue weighted by molar-refractivity contribution is -0.149. The molecule has 0 aromatic carbocycles. The number of amides is 2. The predicted molar refractivity (Wildman–Crippen MR) is 81.6 cm³/mol. The van der Waals surface area contributed by atoms with Crippen molar-refractivity contribution in [2.75, 3.05) is 13.1 Å². The summed E-state index contributed by atoms with van der Waals surface area (Å²) in [5, 5.41) is 2.94. The standard InChI is InChI=1S/C14H17BrN2O2S/c15-11-4-3-10(20-11)5-8-17-9-12(18)16-14(13(17)19)6-1-2-7-14/h3-4H,1-2,5-9H2,(H,16,18). The Morgan fingerprint density at radius 3 is 2.70 bits per heavy atom. The molecule has 6 heteroatoms. The third-order valence-electron chi connectivity index (χ3n) is 4.12. The first kappa shape index (κ1) is 14.1. The second-order valence-corrected chi connectivity index (χ2v) is 8.07. The van der Waals surface area contributed by atoms with Crippen molar-refractivity contribution in [1.82, 2.24) is 10.2 Å². The molecule has 2 fully saturated rings. The third-order valence-corrected chi connectivity index (χ3v) is 5.81. The number of hydrogen-bond acceptors (Lipinski definition) is 3. The van der Waals surface area contributed by atoms with E-state index in [0.717, 1.165) is 35.9 Å². The van der Waals surface area contributed by atoms with E-state index in [1.54, 1.807) is 16.2 Å². The molecule has 1 spiro atoms. The van der Waals surface area contributed by atoms with Gasteiger partial charge in [-0.1, -0.05) is 12.8 Å². The van der Waals surface area contributed by atoms with E-state index in [2.05, 4.69) is 27.3 Å². The Balaban J connectivity index is 1.68. The molecule has 0 radical (unpaired) electrons. The van der Waals surface area contributed by atoms with Crippen molar-refractivity contribution in [1.29, 1.82) is 0 Å². The van der Waals surface area contributed by atoms with Gasteiger partial charge in [-0.15, -0.1) is 11.3 Å². The first-order chi connectivity index (χ1) is 9.59. The van der Waals surface area contributed by atoms with Crippen molar-refractivity contribution in [2.45, 2.75) is 37.6 Å². The van der Waals surface area contributed by atoms with Gasteiger partial charge < -0.3 is 10.2 Å². The van der Waals surface area contributed by atoms with Crippen LogP contribution in [0, 0.1) is 0 Å². The molecular formula is C14H17BrN2O2S. The summed E-state index contributed by atoms with van der Waals surface area (Å²) in [6.07, 6.45) is 4.44. The molecule has 3 rings (SSSR count). The molecule has 1 aliphatic carbocycles. The molecule has 1 aromatic rings. The lowest BCUT2D eigenvalue weighted by Gasteiger charge is -2.39. The fraction of sp³-hybridized carbons (Fsp3) is 0.571. The van der Waals surface area contributed by atoms with Crippen LogP contribution in [0.5, 0.6) is 0 Å². The summed E-state index contributed by atoms with van der Waals surface area (Å²) in [6, 6.07) is 4.08. The largest absolute Gasteiger partial charge is 0.340 e. The van der Waals surface area contributed by atoms with Crippen molar-refractivity contribution in [3.8, 4) is 0 Å². The van der Waals surface area contributed by atoms with Crippen LogP contribution in [0.15, 0.2) is 15.9 Å². The number of thiophene rings is 1. The Kier molecular flexibility index (Phi) is 3.86. The van der Waals surface area contributed by atoms with Gasteiger partial charge in [0.05, 0.1) is 10.3 Å². The fourth-order valence-electron chi connectivity index (χ4n) is 3.14. The smallest absolute Gasteiger partial charge is 0.248 e. The monoisotopic (exact) mass is 356 g/mol. The minimum absolute atomic E-state index is 0.0149. The number of carbonyl (C=O) groups excluding carboxylic acids is 2. The van der Waals surface area contributed by atoms with E-state index in [-0.39, 0.29) is 18.4 Å². The second kappa shape index (κ2) is 5.48. The van der Waals surface area contributed by atoms with Crippen molar-refractivity contribution < 1.29 is 9.59 Å². The molecule has 0 atom stereocenters. The van der Waals surface area contributed by atoms with E-state index in [1.807, 2.05) is 6.07 Å². The molecule has 1 aliphatic heterocycles. The van der Waals surface area contributed by atoms with Gasteiger partial charge in [-0.3, -0.25) is 9.59 Å². The molecule has 1 saturated carbocycles. The van der Waals surface area contributed by atoms with Gasteiger partial charge in [-0.2, -0.15) is 0 Å². The molecule has 0 bridgehead atoms. The summed E-state index contributed by atoms with van der Waals surface area (Å²) in [7, 11) is 0. The number of carbonyl (C=O) groups is 2. The topological polar surface area (TPSA) is 49.4 Å². The molecule has 2 heterocycles. The minimum Gasteiger partial charge on any atom is -0.340 e. The van der Waals surface area contributed by atoms with Crippen LogP contribution in [0.2, 0.25) is 0 Å². The van der Waals surface area contributed by atoms with Crippen molar-refractivity contribution >= 4 is 39.1 Å². The normalized spacial score (nSPS) is 21.6. The number of nitrogens with zero attached hydrogens (tertiary/aromatic N) is 1. The SMILES string of the molecule is O=C1CN(CCc2ccc(Br)s2)C(=O)C2(CCCC2)N1. The van der Waals surface area contributed by atoms with E-state index < -0.39 is 5.54 Å². The number of hydrogen-bond donors (Lipinski definition) is 1. The number of halogens is 1. The van der Waals surface area contributed by atoms with Gasteiger partial charge in [0.1, 0.15) is 5.54 Å². The van der Waals surface area contributed by atoms with Crippen LogP contribution in [-0.4, -0.2) is 35.3 Å². The molecule has 1 N–H and O–H groups in total. The zero-order chi connectivity index (χ0) is 14.2. The maximum absolute atomic E-state index is 12.6. The number of rotatable bonds is 3. The molecule has 20 heavy (non-hydrogen) atoms. The quantitative estimate of drug-likeness (QED) is 0.903. The lowest BCUT2D eigenvalue weighted by atomic mass is 9.93. The summed E-state index contributed by atoms with van der Waals surface area (Å²) in [5.41, 5.74) is -0.592. The fourth-order valence-corrected chi connectivity index (χ4v) is 4.61. The Labute approximate surface area is 130 Å². The van der Waals surface area contributed by atoms with Gasteiger partial charge in [0, 0.05) is 11.4 Å².